The average molecular weight is 535 g/mol. The molecule has 0 aliphatic heterocycles. The minimum atomic E-state index is -8.27. The van der Waals surface area contributed by atoms with Crippen molar-refractivity contribution in [1.29, 1.82) is 0 Å². The van der Waals surface area contributed by atoms with Crippen LogP contribution in [-0.2, 0) is 10.1 Å². The highest BCUT2D eigenvalue weighted by atomic mass is 32.2. The van der Waals surface area contributed by atoms with E-state index in [2.05, 4.69) is 6.58 Å². The molecule has 194 valence electrons. The maximum absolute atomic E-state index is 13.2. The van der Waals surface area contributed by atoms with Gasteiger partial charge in [0.05, 0.1) is 0 Å². The van der Waals surface area contributed by atoms with Gasteiger partial charge in [0.25, 0.3) is 11.9 Å². The molecule has 0 saturated heterocycles. The second kappa shape index (κ2) is 10.2. The van der Waals surface area contributed by atoms with Crippen LogP contribution in [-0.4, -0.2) is 73.4 Å². The number of nitrogens with two attached hydrogens (primary N) is 1. The summed E-state index contributed by atoms with van der Waals surface area (Å²) in [5, 5.41) is 0. The van der Waals surface area contributed by atoms with Crippen LogP contribution in [0.3, 0.4) is 0 Å². The highest BCUT2D eigenvalue weighted by Gasteiger charge is 2.89. The molecule has 0 saturated carbocycles. The van der Waals surface area contributed by atoms with Crippen molar-refractivity contribution >= 4 is 10.1 Å². The second-order valence-electron chi connectivity index (χ2n) is 5.51. The standard InChI is InChI=1S/C9H5F15O3S.C3H7N/c10-1(3(12)13)2(11)5(15,16)7(19,20)9(23,24)8(21,22)6(17,18)4(14)28(25,26)27;1-2-3-4/h1-4H,(H,25,26,27);2H,1,3-4H2. The van der Waals surface area contributed by atoms with Crippen LogP contribution in [0.25, 0.3) is 0 Å². The van der Waals surface area contributed by atoms with Gasteiger partial charge in [-0.2, -0.15) is 52.3 Å². The molecule has 0 aliphatic rings. The molecule has 0 heterocycles. The number of hydrogen-bond donors (Lipinski definition) is 2. The van der Waals surface area contributed by atoms with Gasteiger partial charge in [-0.1, -0.05) is 6.08 Å². The number of rotatable bonds is 10. The summed E-state index contributed by atoms with van der Waals surface area (Å²) < 4.78 is 220. The predicted octanol–water partition coefficient (Wildman–Crippen LogP) is 4.42. The van der Waals surface area contributed by atoms with Crippen LogP contribution >= 0.6 is 0 Å². The first-order valence-electron chi connectivity index (χ1n) is 7.20. The van der Waals surface area contributed by atoms with Crippen LogP contribution in [0.15, 0.2) is 12.7 Å². The summed E-state index contributed by atoms with van der Waals surface area (Å²) in [7, 11) is -7.02. The van der Waals surface area contributed by atoms with E-state index in [1.54, 1.807) is 6.08 Å². The lowest BCUT2D eigenvalue weighted by Crippen LogP contribution is -2.71. The summed E-state index contributed by atoms with van der Waals surface area (Å²) in [5.74, 6) is -39.6. The Morgan fingerprint density at radius 2 is 1.09 bits per heavy atom. The summed E-state index contributed by atoms with van der Waals surface area (Å²) in [6, 6.07) is 0. The molecule has 0 fully saturated rings. The topological polar surface area (TPSA) is 80.4 Å². The zero-order valence-electron chi connectivity index (χ0n) is 14.7. The van der Waals surface area contributed by atoms with E-state index in [0.29, 0.717) is 6.54 Å². The predicted molar refractivity (Wildman–Crippen MR) is 76.2 cm³/mol. The Kier molecular flexibility index (Phi) is 10.5. The zero-order chi connectivity index (χ0) is 26.7. The van der Waals surface area contributed by atoms with E-state index in [-0.39, 0.29) is 0 Å². The fourth-order valence-corrected chi connectivity index (χ4v) is 1.97. The van der Waals surface area contributed by atoms with E-state index in [4.69, 9.17) is 10.3 Å². The number of hydrogen-bond acceptors (Lipinski definition) is 3. The van der Waals surface area contributed by atoms with Gasteiger partial charge in [-0.05, 0) is 0 Å². The third-order valence-electron chi connectivity index (χ3n) is 3.21. The normalized spacial score (nSPS) is 17.3. The lowest BCUT2D eigenvalue weighted by Gasteiger charge is -2.40. The molecule has 0 aromatic rings. The maximum atomic E-state index is 13.2. The number of halogens is 15. The van der Waals surface area contributed by atoms with Gasteiger partial charge in [0.1, 0.15) is 0 Å². The Morgan fingerprint density at radius 1 is 0.781 bits per heavy atom. The van der Waals surface area contributed by atoms with E-state index < -0.39 is 64.0 Å². The summed E-state index contributed by atoms with van der Waals surface area (Å²) in [6.07, 6.45) is -13.9. The Bertz CT molecular complexity index is 727. The van der Waals surface area contributed by atoms with Crippen molar-refractivity contribution < 1.29 is 78.8 Å². The largest absolute Gasteiger partial charge is 0.384 e. The molecule has 0 spiro atoms. The molecular weight excluding hydrogens is 523 g/mol. The van der Waals surface area contributed by atoms with Crippen LogP contribution in [0.1, 0.15) is 0 Å². The lowest BCUT2D eigenvalue weighted by molar-refractivity contribution is -0.412. The van der Waals surface area contributed by atoms with Crippen molar-refractivity contribution in [2.45, 2.75) is 53.9 Å². The molecule has 4 nitrogen and oxygen atoms in total. The Balaban J connectivity index is 0. The monoisotopic (exact) mass is 535 g/mol. The van der Waals surface area contributed by atoms with Gasteiger partial charge in [-0.15, -0.1) is 6.58 Å². The van der Waals surface area contributed by atoms with Gasteiger partial charge in [0.2, 0.25) is 6.17 Å². The smallest absolute Gasteiger partial charge is 0.327 e. The third kappa shape index (κ3) is 5.72. The van der Waals surface area contributed by atoms with Crippen molar-refractivity contribution in [3.05, 3.63) is 12.7 Å². The summed E-state index contributed by atoms with van der Waals surface area (Å²) >= 11 is 0. The van der Waals surface area contributed by atoms with Gasteiger partial charge in [-0.25, -0.2) is 22.0 Å². The fraction of sp³-hybridized carbons (Fsp3) is 0.833. The zero-order valence-corrected chi connectivity index (χ0v) is 15.5. The van der Waals surface area contributed by atoms with Gasteiger partial charge >= 0.3 is 39.7 Å². The van der Waals surface area contributed by atoms with Gasteiger partial charge < -0.3 is 5.73 Å². The molecule has 0 aromatic heterocycles. The highest BCUT2D eigenvalue weighted by molar-refractivity contribution is 7.86. The van der Waals surface area contributed by atoms with Crippen LogP contribution in [0.4, 0.5) is 65.9 Å². The molecule has 32 heavy (non-hydrogen) atoms. The van der Waals surface area contributed by atoms with E-state index in [1.807, 2.05) is 0 Å². The van der Waals surface area contributed by atoms with Gasteiger partial charge in [0.15, 0.2) is 6.17 Å². The van der Waals surface area contributed by atoms with E-state index in [0.717, 1.165) is 0 Å². The molecule has 0 rings (SSSR count). The third-order valence-corrected chi connectivity index (χ3v) is 4.02. The molecule has 0 radical (unpaired) electrons. The average Bonchev–Trinajstić information content (AvgIpc) is 2.64. The van der Waals surface area contributed by atoms with Gasteiger partial charge in [0, 0.05) is 6.54 Å². The second-order valence-corrected chi connectivity index (χ2v) is 6.95. The molecule has 0 aromatic carbocycles. The van der Waals surface area contributed by atoms with Crippen molar-refractivity contribution in [2.24, 2.45) is 5.73 Å². The molecule has 20 heteroatoms. The lowest BCUT2D eigenvalue weighted by atomic mass is 9.91. The molecular formula is C12H12F15NO3S. The molecule has 0 bridgehead atoms. The number of alkyl halides is 15. The van der Waals surface area contributed by atoms with Crippen molar-refractivity contribution in [2.75, 3.05) is 6.54 Å². The minimum Gasteiger partial charge on any atom is -0.327 e. The van der Waals surface area contributed by atoms with E-state index >= 15 is 0 Å². The maximum Gasteiger partial charge on any atom is 0.384 e. The molecule has 3 atom stereocenters. The summed E-state index contributed by atoms with van der Waals surface area (Å²) in [4.78, 5) is 0. The Morgan fingerprint density at radius 3 is 1.34 bits per heavy atom. The quantitative estimate of drug-likeness (QED) is 0.247. The van der Waals surface area contributed by atoms with Crippen molar-refractivity contribution in [3.63, 3.8) is 0 Å². The fourth-order valence-electron chi connectivity index (χ4n) is 1.45. The minimum absolute atomic E-state index is 0.583. The highest BCUT2D eigenvalue weighted by Crippen LogP contribution is 2.59. The Labute approximate surface area is 169 Å². The summed E-state index contributed by atoms with van der Waals surface area (Å²) in [5.41, 5.74) is -0.867. The van der Waals surface area contributed by atoms with Crippen LogP contribution in [0, 0.1) is 0 Å². The molecule has 3 unspecified atom stereocenters. The van der Waals surface area contributed by atoms with Crippen LogP contribution in [0.5, 0.6) is 0 Å². The molecule has 0 aliphatic carbocycles. The SMILES string of the molecule is C=CCN.O=S(=O)(O)C(F)C(F)(F)C(F)(F)C(F)(F)C(F)(F)C(F)(F)C(F)C(F)C(F)F. The van der Waals surface area contributed by atoms with Crippen LogP contribution in [0.2, 0.25) is 0 Å². The van der Waals surface area contributed by atoms with Gasteiger partial charge in [-0.3, -0.25) is 4.55 Å². The first-order valence-corrected chi connectivity index (χ1v) is 8.70. The van der Waals surface area contributed by atoms with Crippen molar-refractivity contribution in [1.82, 2.24) is 0 Å². The summed E-state index contributed by atoms with van der Waals surface area (Å²) in [6.45, 7) is 3.94. The van der Waals surface area contributed by atoms with E-state index in [9.17, 15) is 74.3 Å². The van der Waals surface area contributed by atoms with Crippen molar-refractivity contribution in [3.8, 4) is 0 Å². The first kappa shape index (κ1) is 32.7. The van der Waals surface area contributed by atoms with Crippen LogP contribution < -0.4 is 5.73 Å². The molecule has 3 N–H and O–H groups in total. The molecule has 0 amide bonds. The first-order chi connectivity index (χ1) is 13.8. The Hall–Kier alpha value is -1.44. The van der Waals surface area contributed by atoms with E-state index in [1.165, 1.54) is 0 Å².